The second-order valence-electron chi connectivity index (χ2n) is 7.72. The van der Waals surface area contributed by atoms with Crippen LogP contribution in [0, 0.1) is 12.8 Å². The van der Waals surface area contributed by atoms with Gasteiger partial charge in [-0.15, -0.1) is 24.0 Å². The van der Waals surface area contributed by atoms with E-state index in [4.69, 9.17) is 4.74 Å². The first-order valence-electron chi connectivity index (χ1n) is 10.2. The molecular weight excluding hydrogens is 508 g/mol. The molecule has 0 aliphatic carbocycles. The molecule has 1 heterocycles. The van der Waals surface area contributed by atoms with Gasteiger partial charge in [0, 0.05) is 26.7 Å². The van der Waals surface area contributed by atoms with Crippen molar-refractivity contribution in [2.45, 2.75) is 39.5 Å². The van der Waals surface area contributed by atoms with Gasteiger partial charge in [-0.2, -0.15) is 13.2 Å². The third-order valence-corrected chi connectivity index (χ3v) is 5.04. The van der Waals surface area contributed by atoms with Crippen LogP contribution >= 0.6 is 24.0 Å². The normalized spacial score (nSPS) is 18.3. The molecule has 0 saturated carbocycles. The number of likely N-dealkylation sites (tertiary alicyclic amines) is 1. The summed E-state index contributed by atoms with van der Waals surface area (Å²) in [5.74, 6) is 1.81. The highest BCUT2D eigenvalue weighted by atomic mass is 127. The Bertz CT molecular complexity index is 672. The topological polar surface area (TPSA) is 40.1 Å². The van der Waals surface area contributed by atoms with Crippen molar-refractivity contribution in [2.75, 3.05) is 46.3 Å². The van der Waals surface area contributed by atoms with Crippen LogP contribution < -0.4 is 10.1 Å². The molecule has 2 unspecified atom stereocenters. The molecule has 1 saturated heterocycles. The van der Waals surface area contributed by atoms with Gasteiger partial charge in [-0.25, -0.2) is 0 Å². The van der Waals surface area contributed by atoms with E-state index in [0.29, 0.717) is 26.2 Å². The first-order valence-corrected chi connectivity index (χ1v) is 10.2. The molecule has 30 heavy (non-hydrogen) atoms. The van der Waals surface area contributed by atoms with Crippen LogP contribution in [0.5, 0.6) is 5.75 Å². The molecule has 9 heteroatoms. The van der Waals surface area contributed by atoms with E-state index in [2.05, 4.69) is 15.2 Å². The average molecular weight is 542 g/mol. The molecule has 0 bridgehead atoms. The lowest BCUT2D eigenvalue weighted by Gasteiger charge is -2.26. The summed E-state index contributed by atoms with van der Waals surface area (Å²) in [6, 6.07) is 7.92. The van der Waals surface area contributed by atoms with Gasteiger partial charge in [0.1, 0.15) is 11.9 Å². The fourth-order valence-corrected chi connectivity index (χ4v) is 3.63. The second-order valence-corrected chi connectivity index (χ2v) is 7.72. The predicted octanol–water partition coefficient (Wildman–Crippen LogP) is 4.16. The standard InChI is InChI=1S/C21H33F3N4O.HI/c1-5-27(15-21(22,23)24)13-18-9-10-28(14-18)20(25-4)26-12-17(3)29-19-8-6-7-16(2)11-19;/h6-8,11,17-18H,5,9-10,12-15H2,1-4H3,(H,25,26);1H. The van der Waals surface area contributed by atoms with Crippen LogP contribution in [0.3, 0.4) is 0 Å². The largest absolute Gasteiger partial charge is 0.489 e. The molecule has 172 valence electrons. The quantitative estimate of drug-likeness (QED) is 0.305. The van der Waals surface area contributed by atoms with Crippen molar-refractivity contribution in [1.82, 2.24) is 15.1 Å². The number of hydrogen-bond donors (Lipinski definition) is 1. The van der Waals surface area contributed by atoms with E-state index < -0.39 is 12.7 Å². The Morgan fingerprint density at radius 2 is 2.13 bits per heavy atom. The minimum Gasteiger partial charge on any atom is -0.489 e. The Balaban J connectivity index is 0.00000450. The van der Waals surface area contributed by atoms with E-state index in [0.717, 1.165) is 30.2 Å². The van der Waals surface area contributed by atoms with Crippen molar-refractivity contribution >= 4 is 29.9 Å². The zero-order chi connectivity index (χ0) is 21.4. The highest BCUT2D eigenvalue weighted by Gasteiger charge is 2.33. The smallest absolute Gasteiger partial charge is 0.401 e. The van der Waals surface area contributed by atoms with Crippen LogP contribution in [-0.4, -0.2) is 74.4 Å². The van der Waals surface area contributed by atoms with Gasteiger partial charge in [0.05, 0.1) is 13.1 Å². The monoisotopic (exact) mass is 542 g/mol. The van der Waals surface area contributed by atoms with Crippen molar-refractivity contribution in [3.8, 4) is 5.75 Å². The average Bonchev–Trinajstić information content (AvgIpc) is 3.09. The lowest BCUT2D eigenvalue weighted by molar-refractivity contribution is -0.146. The SMILES string of the molecule is CCN(CC1CCN(C(=NC)NCC(C)Oc2cccc(C)c2)C1)CC(F)(F)F.I. The lowest BCUT2D eigenvalue weighted by Crippen LogP contribution is -2.44. The van der Waals surface area contributed by atoms with Crippen molar-refractivity contribution in [3.05, 3.63) is 29.8 Å². The molecule has 0 aromatic heterocycles. The summed E-state index contributed by atoms with van der Waals surface area (Å²) in [6.45, 7) is 7.89. The van der Waals surface area contributed by atoms with E-state index in [1.54, 1.807) is 14.0 Å². The van der Waals surface area contributed by atoms with Crippen LogP contribution in [0.1, 0.15) is 25.8 Å². The molecular formula is C21H34F3IN4O. The molecule has 1 aromatic carbocycles. The van der Waals surface area contributed by atoms with E-state index >= 15 is 0 Å². The number of nitrogens with zero attached hydrogens (tertiary/aromatic N) is 3. The number of guanidine groups is 1. The van der Waals surface area contributed by atoms with Gasteiger partial charge in [0.25, 0.3) is 0 Å². The van der Waals surface area contributed by atoms with Gasteiger partial charge in [-0.1, -0.05) is 19.1 Å². The number of rotatable bonds is 8. The fourth-order valence-electron chi connectivity index (χ4n) is 3.63. The molecule has 1 N–H and O–H groups in total. The van der Waals surface area contributed by atoms with Crippen LogP contribution in [0.25, 0.3) is 0 Å². The maximum absolute atomic E-state index is 12.7. The Hall–Kier alpha value is -1.23. The third kappa shape index (κ3) is 9.28. The van der Waals surface area contributed by atoms with Crippen molar-refractivity contribution in [3.63, 3.8) is 0 Å². The van der Waals surface area contributed by atoms with Crippen LogP contribution in [-0.2, 0) is 0 Å². The zero-order valence-electron chi connectivity index (χ0n) is 18.2. The van der Waals surface area contributed by atoms with E-state index in [1.807, 2.05) is 38.1 Å². The molecule has 1 fully saturated rings. The number of alkyl halides is 3. The lowest BCUT2D eigenvalue weighted by atomic mass is 10.1. The molecule has 1 aliphatic rings. The molecule has 5 nitrogen and oxygen atoms in total. The first-order chi connectivity index (χ1) is 13.7. The number of aryl methyl sites for hydroxylation is 1. The molecule has 1 aliphatic heterocycles. The molecule has 2 atom stereocenters. The molecule has 2 rings (SSSR count). The maximum Gasteiger partial charge on any atom is 0.401 e. The number of ether oxygens (including phenoxy) is 1. The summed E-state index contributed by atoms with van der Waals surface area (Å²) >= 11 is 0. The summed E-state index contributed by atoms with van der Waals surface area (Å²) in [4.78, 5) is 7.93. The number of hydrogen-bond acceptors (Lipinski definition) is 3. The Morgan fingerprint density at radius 1 is 1.40 bits per heavy atom. The number of aliphatic imine (C=N–C) groups is 1. The first kappa shape index (κ1) is 26.8. The summed E-state index contributed by atoms with van der Waals surface area (Å²) in [5.41, 5.74) is 1.15. The number of benzene rings is 1. The minimum atomic E-state index is -4.15. The van der Waals surface area contributed by atoms with Crippen molar-refractivity contribution in [1.29, 1.82) is 0 Å². The Kier molecular flexibility index (Phi) is 11.2. The molecule has 1 aromatic rings. The fraction of sp³-hybridized carbons (Fsp3) is 0.667. The summed E-state index contributed by atoms with van der Waals surface area (Å²) < 4.78 is 44.0. The Labute approximate surface area is 195 Å². The highest BCUT2D eigenvalue weighted by Crippen LogP contribution is 2.21. The molecule has 0 amide bonds. The molecule has 0 spiro atoms. The minimum absolute atomic E-state index is 0. The van der Waals surface area contributed by atoms with Gasteiger partial charge in [0.2, 0.25) is 0 Å². The highest BCUT2D eigenvalue weighted by molar-refractivity contribution is 14.0. The third-order valence-electron chi connectivity index (χ3n) is 5.04. The van der Waals surface area contributed by atoms with Crippen LogP contribution in [0.2, 0.25) is 0 Å². The van der Waals surface area contributed by atoms with E-state index in [1.165, 1.54) is 4.90 Å². The van der Waals surface area contributed by atoms with Crippen molar-refractivity contribution in [2.24, 2.45) is 10.9 Å². The van der Waals surface area contributed by atoms with Gasteiger partial charge >= 0.3 is 6.18 Å². The summed E-state index contributed by atoms with van der Waals surface area (Å²) in [5, 5.41) is 3.33. The van der Waals surface area contributed by atoms with E-state index in [-0.39, 0.29) is 36.0 Å². The maximum atomic E-state index is 12.7. The van der Waals surface area contributed by atoms with Gasteiger partial charge < -0.3 is 15.0 Å². The van der Waals surface area contributed by atoms with Crippen LogP contribution in [0.15, 0.2) is 29.3 Å². The number of nitrogens with one attached hydrogen (secondary N) is 1. The van der Waals surface area contributed by atoms with Gasteiger partial charge in [-0.3, -0.25) is 9.89 Å². The van der Waals surface area contributed by atoms with Crippen molar-refractivity contribution < 1.29 is 17.9 Å². The molecule has 0 radical (unpaired) electrons. The predicted molar refractivity (Wildman–Crippen MR) is 126 cm³/mol. The van der Waals surface area contributed by atoms with E-state index in [9.17, 15) is 13.2 Å². The number of halogens is 4. The van der Waals surface area contributed by atoms with Gasteiger partial charge in [-0.05, 0) is 50.4 Å². The van der Waals surface area contributed by atoms with Crippen LogP contribution in [0.4, 0.5) is 13.2 Å². The van der Waals surface area contributed by atoms with Gasteiger partial charge in [0.15, 0.2) is 5.96 Å². The Morgan fingerprint density at radius 3 is 2.73 bits per heavy atom. The zero-order valence-corrected chi connectivity index (χ0v) is 20.5. The second kappa shape index (κ2) is 12.6. The summed E-state index contributed by atoms with van der Waals surface area (Å²) in [7, 11) is 1.73. The summed E-state index contributed by atoms with van der Waals surface area (Å²) in [6.07, 6.45) is -3.33.